The summed E-state index contributed by atoms with van der Waals surface area (Å²) in [6.45, 7) is 2.08. The van der Waals surface area contributed by atoms with E-state index in [9.17, 15) is 0 Å². The van der Waals surface area contributed by atoms with Crippen molar-refractivity contribution in [2.24, 2.45) is 0 Å². The summed E-state index contributed by atoms with van der Waals surface area (Å²) in [7, 11) is 1.84. The molecule has 0 amide bonds. The number of nitrogens with one attached hydrogen (secondary N) is 3. The number of aromatic nitrogens is 6. The number of pyridine rings is 2. The van der Waals surface area contributed by atoms with Crippen LogP contribution in [0.5, 0.6) is 0 Å². The van der Waals surface area contributed by atoms with Crippen molar-refractivity contribution in [3.8, 4) is 11.3 Å². The number of rotatable bonds is 7. The van der Waals surface area contributed by atoms with Crippen molar-refractivity contribution in [2.75, 3.05) is 23.0 Å². The van der Waals surface area contributed by atoms with Crippen molar-refractivity contribution >= 4 is 50.4 Å². The van der Waals surface area contributed by atoms with Gasteiger partial charge in [-0.2, -0.15) is 0 Å². The van der Waals surface area contributed by atoms with Crippen LogP contribution >= 0.6 is 11.3 Å². The lowest BCUT2D eigenvalue weighted by Gasteiger charge is -2.16. The molecule has 35 heavy (non-hydrogen) atoms. The van der Waals surface area contributed by atoms with Gasteiger partial charge in [-0.15, -0.1) is 10.2 Å². The number of anilines is 5. The first-order valence-electron chi connectivity index (χ1n) is 11.4. The standard InChI is InChI=1S/C25H23N9S/c1-14-5-8-17-16(9-11-28-22(17)32-25-34-33-24(35-25)15-6-7-15)21(14)31-23-18(4-3-10-27-23)19-12-20(26-2)30-13-29-19/h3-5,8-13,15H,6-7H2,1-2H3,(H,27,31)(H,26,29,30)(H,28,32,34). The lowest BCUT2D eigenvalue weighted by molar-refractivity contribution is 0.977. The fourth-order valence-corrected chi connectivity index (χ4v) is 4.89. The molecule has 4 heterocycles. The zero-order valence-electron chi connectivity index (χ0n) is 19.3. The van der Waals surface area contributed by atoms with Crippen molar-refractivity contribution in [3.63, 3.8) is 0 Å². The molecule has 0 unspecified atom stereocenters. The Hall–Kier alpha value is -4.18. The second kappa shape index (κ2) is 8.88. The molecule has 3 N–H and O–H groups in total. The molecule has 1 fully saturated rings. The van der Waals surface area contributed by atoms with Gasteiger partial charge in [0, 0.05) is 47.8 Å². The zero-order valence-corrected chi connectivity index (χ0v) is 20.1. The lowest BCUT2D eigenvalue weighted by atomic mass is 10.0. The normalized spacial score (nSPS) is 13.1. The molecule has 174 valence electrons. The van der Waals surface area contributed by atoms with E-state index in [2.05, 4.69) is 65.1 Å². The smallest absolute Gasteiger partial charge is 0.211 e. The highest BCUT2D eigenvalue weighted by atomic mass is 32.1. The van der Waals surface area contributed by atoms with E-state index in [1.165, 1.54) is 12.8 Å². The minimum absolute atomic E-state index is 0.577. The van der Waals surface area contributed by atoms with Crippen LogP contribution in [0.15, 0.2) is 55.1 Å². The van der Waals surface area contributed by atoms with Gasteiger partial charge in [0.25, 0.3) is 0 Å². The number of benzene rings is 1. The average molecular weight is 482 g/mol. The quantitative estimate of drug-likeness (QED) is 0.271. The van der Waals surface area contributed by atoms with Gasteiger partial charge in [0.2, 0.25) is 5.13 Å². The molecule has 9 nitrogen and oxygen atoms in total. The van der Waals surface area contributed by atoms with Crippen molar-refractivity contribution in [2.45, 2.75) is 25.7 Å². The first-order valence-corrected chi connectivity index (χ1v) is 12.2. The number of nitrogens with zero attached hydrogens (tertiary/aromatic N) is 6. The van der Waals surface area contributed by atoms with Crippen molar-refractivity contribution < 1.29 is 0 Å². The molecule has 0 saturated heterocycles. The Morgan fingerprint density at radius 3 is 2.63 bits per heavy atom. The van der Waals surface area contributed by atoms with Gasteiger partial charge in [-0.05, 0) is 43.5 Å². The lowest BCUT2D eigenvalue weighted by Crippen LogP contribution is -2.02. The van der Waals surface area contributed by atoms with E-state index in [0.717, 1.165) is 55.1 Å². The van der Waals surface area contributed by atoms with E-state index in [-0.39, 0.29) is 0 Å². The number of fused-ring (bicyclic) bond motifs is 1. The minimum atomic E-state index is 0.577. The van der Waals surface area contributed by atoms with Crippen LogP contribution in [0.1, 0.15) is 29.3 Å². The van der Waals surface area contributed by atoms with Gasteiger partial charge >= 0.3 is 0 Å². The molecule has 0 spiro atoms. The summed E-state index contributed by atoms with van der Waals surface area (Å²) < 4.78 is 0. The highest BCUT2D eigenvalue weighted by Crippen LogP contribution is 2.43. The Kier molecular flexibility index (Phi) is 5.42. The average Bonchev–Trinajstić information content (AvgIpc) is 3.64. The summed E-state index contributed by atoms with van der Waals surface area (Å²) in [5.41, 5.74) is 3.73. The molecular formula is C25H23N9S. The second-order valence-corrected chi connectivity index (χ2v) is 9.43. The van der Waals surface area contributed by atoms with Crippen molar-refractivity contribution in [1.29, 1.82) is 0 Å². The summed E-state index contributed by atoms with van der Waals surface area (Å²) in [5, 5.41) is 22.5. The van der Waals surface area contributed by atoms with Gasteiger partial charge in [-0.25, -0.2) is 19.9 Å². The second-order valence-electron chi connectivity index (χ2n) is 8.42. The molecule has 0 aliphatic heterocycles. The van der Waals surface area contributed by atoms with Gasteiger partial charge < -0.3 is 16.0 Å². The third-order valence-electron chi connectivity index (χ3n) is 6.00. The van der Waals surface area contributed by atoms with E-state index >= 15 is 0 Å². The van der Waals surface area contributed by atoms with E-state index in [1.807, 2.05) is 31.3 Å². The Labute approximate surface area is 206 Å². The Bertz CT molecular complexity index is 1530. The molecule has 0 atom stereocenters. The Morgan fingerprint density at radius 2 is 1.77 bits per heavy atom. The van der Waals surface area contributed by atoms with Crippen LogP contribution in [0.2, 0.25) is 0 Å². The summed E-state index contributed by atoms with van der Waals surface area (Å²) in [5.74, 6) is 2.79. The van der Waals surface area contributed by atoms with E-state index in [4.69, 9.17) is 0 Å². The van der Waals surface area contributed by atoms with Crippen LogP contribution in [-0.4, -0.2) is 37.2 Å². The highest BCUT2D eigenvalue weighted by Gasteiger charge is 2.27. The Morgan fingerprint density at radius 1 is 0.886 bits per heavy atom. The molecule has 5 aromatic rings. The topological polar surface area (TPSA) is 113 Å². The predicted octanol–water partition coefficient (Wildman–Crippen LogP) is 5.65. The van der Waals surface area contributed by atoms with Gasteiger partial charge in [0.05, 0.1) is 11.4 Å². The minimum Gasteiger partial charge on any atom is -0.373 e. The van der Waals surface area contributed by atoms with Crippen molar-refractivity contribution in [3.05, 3.63) is 65.7 Å². The zero-order chi connectivity index (χ0) is 23.8. The van der Waals surface area contributed by atoms with E-state index < -0.39 is 0 Å². The number of aryl methyl sites for hydroxylation is 1. The SMILES string of the molecule is CNc1cc(-c2cccnc2Nc2c(C)ccc3c(Nc4nnc(C5CC5)s4)nccc23)ncn1. The molecule has 0 bridgehead atoms. The summed E-state index contributed by atoms with van der Waals surface area (Å²) in [4.78, 5) is 17.9. The first kappa shape index (κ1) is 21.4. The van der Waals surface area contributed by atoms with Crippen LogP contribution in [-0.2, 0) is 0 Å². The van der Waals surface area contributed by atoms with Crippen LogP contribution in [0.4, 0.5) is 28.3 Å². The third-order valence-corrected chi connectivity index (χ3v) is 7.00. The van der Waals surface area contributed by atoms with Gasteiger partial charge in [0.15, 0.2) is 0 Å². The van der Waals surface area contributed by atoms with E-state index in [1.54, 1.807) is 30.1 Å². The summed E-state index contributed by atoms with van der Waals surface area (Å²) in [6.07, 6.45) is 7.54. The summed E-state index contributed by atoms with van der Waals surface area (Å²) >= 11 is 1.60. The molecule has 0 radical (unpaired) electrons. The van der Waals surface area contributed by atoms with Gasteiger partial charge in [-0.1, -0.05) is 23.5 Å². The maximum Gasteiger partial charge on any atom is 0.211 e. The number of hydrogen-bond donors (Lipinski definition) is 3. The largest absolute Gasteiger partial charge is 0.373 e. The van der Waals surface area contributed by atoms with Crippen LogP contribution < -0.4 is 16.0 Å². The fraction of sp³-hybridized carbons (Fsp3) is 0.200. The first-order chi connectivity index (χ1) is 17.2. The fourth-order valence-electron chi connectivity index (χ4n) is 3.98. The molecular weight excluding hydrogens is 458 g/mol. The third kappa shape index (κ3) is 4.24. The van der Waals surface area contributed by atoms with Gasteiger partial charge in [-0.3, -0.25) is 0 Å². The van der Waals surface area contributed by atoms with Crippen LogP contribution in [0, 0.1) is 6.92 Å². The maximum absolute atomic E-state index is 4.63. The molecule has 1 saturated carbocycles. The van der Waals surface area contributed by atoms with Gasteiger partial charge in [0.1, 0.15) is 28.8 Å². The monoisotopic (exact) mass is 481 g/mol. The van der Waals surface area contributed by atoms with E-state index in [0.29, 0.717) is 11.7 Å². The van der Waals surface area contributed by atoms with Crippen molar-refractivity contribution in [1.82, 2.24) is 30.1 Å². The molecule has 1 aromatic carbocycles. The molecule has 10 heteroatoms. The molecule has 4 aromatic heterocycles. The predicted molar refractivity (Wildman–Crippen MR) is 140 cm³/mol. The number of hydrogen-bond acceptors (Lipinski definition) is 10. The summed E-state index contributed by atoms with van der Waals surface area (Å²) in [6, 6.07) is 12.0. The molecule has 1 aliphatic carbocycles. The molecule has 1 aliphatic rings. The maximum atomic E-state index is 4.63. The Balaban J connectivity index is 1.38. The van der Waals surface area contributed by atoms with Crippen LogP contribution in [0.25, 0.3) is 22.0 Å². The molecule has 6 rings (SSSR count). The highest BCUT2D eigenvalue weighted by molar-refractivity contribution is 7.15. The van der Waals surface area contributed by atoms with Crippen LogP contribution in [0.3, 0.4) is 0 Å².